The zero-order valence-electron chi connectivity index (χ0n) is 15.9. The number of piperazine rings is 1. The summed E-state index contributed by atoms with van der Waals surface area (Å²) in [5.74, 6) is 0.119. The summed E-state index contributed by atoms with van der Waals surface area (Å²) < 4.78 is 0. The molecule has 0 saturated carbocycles. The van der Waals surface area contributed by atoms with Crippen molar-refractivity contribution in [3.8, 4) is 0 Å². The second-order valence-corrected chi connectivity index (χ2v) is 7.29. The third-order valence-corrected chi connectivity index (χ3v) is 5.01. The van der Waals surface area contributed by atoms with Crippen molar-refractivity contribution in [2.45, 2.75) is 6.54 Å². The number of rotatable bonds is 4. The van der Waals surface area contributed by atoms with Gasteiger partial charge in [0.25, 0.3) is 5.91 Å². The lowest BCUT2D eigenvalue weighted by Gasteiger charge is -2.36. The third-order valence-electron chi connectivity index (χ3n) is 5.01. The number of hydrogen-bond acceptors (Lipinski definition) is 4. The fourth-order valence-corrected chi connectivity index (χ4v) is 3.71. The summed E-state index contributed by atoms with van der Waals surface area (Å²) in [7, 11) is 4.07. The molecule has 1 saturated heterocycles. The van der Waals surface area contributed by atoms with Crippen molar-refractivity contribution in [2.75, 3.05) is 45.2 Å². The molecule has 1 aliphatic rings. The molecule has 1 fully saturated rings. The van der Waals surface area contributed by atoms with Gasteiger partial charge in [0.05, 0.1) is 17.5 Å². The van der Waals surface area contributed by atoms with Gasteiger partial charge in [-0.3, -0.25) is 4.79 Å². The Hall–Kier alpha value is -2.86. The fraction of sp³-hybridized carbons (Fsp3) is 0.333. The van der Waals surface area contributed by atoms with Gasteiger partial charge in [0.15, 0.2) is 0 Å². The summed E-state index contributed by atoms with van der Waals surface area (Å²) in [5.41, 5.74) is 5.11. The Balaban J connectivity index is 1.45. The van der Waals surface area contributed by atoms with Crippen LogP contribution < -0.4 is 4.90 Å². The van der Waals surface area contributed by atoms with Crippen molar-refractivity contribution in [2.24, 2.45) is 0 Å². The number of para-hydroxylation sites is 1. The van der Waals surface area contributed by atoms with Gasteiger partial charge in [-0.25, -0.2) is 4.98 Å². The Morgan fingerprint density at radius 3 is 2.67 bits per heavy atom. The highest BCUT2D eigenvalue weighted by Crippen LogP contribution is 2.25. The van der Waals surface area contributed by atoms with E-state index in [-0.39, 0.29) is 5.91 Å². The van der Waals surface area contributed by atoms with E-state index in [4.69, 9.17) is 0 Å². The van der Waals surface area contributed by atoms with E-state index in [0.717, 1.165) is 60.6 Å². The Labute approximate surface area is 159 Å². The summed E-state index contributed by atoms with van der Waals surface area (Å²) in [6.07, 6.45) is 1.73. The van der Waals surface area contributed by atoms with Crippen molar-refractivity contribution in [3.63, 3.8) is 0 Å². The number of aromatic nitrogens is 2. The molecule has 0 bridgehead atoms. The number of H-pyrrole nitrogens is 1. The first-order valence-corrected chi connectivity index (χ1v) is 9.32. The minimum atomic E-state index is 0.119. The minimum absolute atomic E-state index is 0.119. The molecular formula is C21H25N5O. The van der Waals surface area contributed by atoms with Crippen LogP contribution in [0, 0.1) is 0 Å². The number of amides is 1. The normalized spacial score (nSPS) is 14.9. The monoisotopic (exact) mass is 363 g/mol. The number of nitrogens with zero attached hydrogens (tertiary/aromatic N) is 4. The molecule has 2 heterocycles. The summed E-state index contributed by atoms with van der Waals surface area (Å²) in [4.78, 5) is 26.9. The maximum Gasteiger partial charge on any atom is 0.253 e. The first-order valence-electron chi connectivity index (χ1n) is 9.32. The van der Waals surface area contributed by atoms with Crippen LogP contribution in [-0.4, -0.2) is 65.9 Å². The van der Waals surface area contributed by atoms with Gasteiger partial charge in [0, 0.05) is 38.3 Å². The molecule has 0 atom stereocenters. The Morgan fingerprint density at radius 2 is 1.89 bits per heavy atom. The van der Waals surface area contributed by atoms with E-state index in [1.54, 1.807) is 6.33 Å². The highest BCUT2D eigenvalue weighted by atomic mass is 16.2. The maximum absolute atomic E-state index is 12.9. The Kier molecular flexibility index (Phi) is 4.81. The van der Waals surface area contributed by atoms with Gasteiger partial charge in [-0.1, -0.05) is 18.2 Å². The van der Waals surface area contributed by atoms with Crippen molar-refractivity contribution in [3.05, 3.63) is 59.9 Å². The summed E-state index contributed by atoms with van der Waals surface area (Å²) in [6, 6.07) is 14.2. The predicted octanol–water partition coefficient (Wildman–Crippen LogP) is 2.59. The largest absolute Gasteiger partial charge is 0.366 e. The van der Waals surface area contributed by atoms with E-state index in [1.807, 2.05) is 49.3 Å². The number of benzene rings is 2. The first-order chi connectivity index (χ1) is 13.1. The Bertz CT molecular complexity index is 940. The second-order valence-electron chi connectivity index (χ2n) is 7.29. The number of hydrogen-bond donors (Lipinski definition) is 1. The standard InChI is InChI=1S/C21H25N5O/c1-24(2)14-16-5-3-6-17(13-16)21(27)26-11-9-25(10-12-26)19-8-4-7-18-20(19)23-15-22-18/h3-8,13,15H,9-12,14H2,1-2H3,(H,22,23). The fourth-order valence-electron chi connectivity index (χ4n) is 3.71. The van der Waals surface area contributed by atoms with Crippen LogP contribution in [0.3, 0.4) is 0 Å². The van der Waals surface area contributed by atoms with E-state index >= 15 is 0 Å². The molecule has 0 radical (unpaired) electrons. The van der Waals surface area contributed by atoms with Gasteiger partial charge in [0.2, 0.25) is 0 Å². The molecule has 1 aliphatic heterocycles. The average molecular weight is 363 g/mol. The van der Waals surface area contributed by atoms with Crippen molar-refractivity contribution in [1.29, 1.82) is 0 Å². The van der Waals surface area contributed by atoms with Crippen LogP contribution in [0.4, 0.5) is 5.69 Å². The zero-order chi connectivity index (χ0) is 18.8. The van der Waals surface area contributed by atoms with Crippen LogP contribution in [0.2, 0.25) is 0 Å². The molecule has 0 spiro atoms. The molecular weight excluding hydrogens is 338 g/mol. The molecule has 2 aromatic carbocycles. The average Bonchev–Trinajstić information content (AvgIpc) is 3.16. The molecule has 6 nitrogen and oxygen atoms in total. The molecule has 0 aliphatic carbocycles. The van der Waals surface area contributed by atoms with Crippen LogP contribution in [0.1, 0.15) is 15.9 Å². The number of carbonyl (C=O) groups excluding carboxylic acids is 1. The van der Waals surface area contributed by atoms with E-state index in [0.29, 0.717) is 0 Å². The quantitative estimate of drug-likeness (QED) is 0.774. The van der Waals surface area contributed by atoms with E-state index in [9.17, 15) is 4.79 Å². The van der Waals surface area contributed by atoms with Crippen LogP contribution in [-0.2, 0) is 6.54 Å². The number of nitrogens with one attached hydrogen (secondary N) is 1. The highest BCUT2D eigenvalue weighted by molar-refractivity contribution is 5.95. The topological polar surface area (TPSA) is 55.5 Å². The van der Waals surface area contributed by atoms with Gasteiger partial charge < -0.3 is 19.7 Å². The predicted molar refractivity (Wildman–Crippen MR) is 108 cm³/mol. The van der Waals surface area contributed by atoms with E-state index < -0.39 is 0 Å². The minimum Gasteiger partial charge on any atom is -0.366 e. The number of carbonyl (C=O) groups is 1. The van der Waals surface area contributed by atoms with Gasteiger partial charge in [-0.2, -0.15) is 0 Å². The first kappa shape index (κ1) is 17.5. The summed E-state index contributed by atoms with van der Waals surface area (Å²) in [6.45, 7) is 3.90. The Morgan fingerprint density at radius 1 is 1.11 bits per heavy atom. The lowest BCUT2D eigenvalue weighted by Crippen LogP contribution is -2.48. The van der Waals surface area contributed by atoms with Crippen LogP contribution >= 0.6 is 0 Å². The van der Waals surface area contributed by atoms with Crippen molar-refractivity contribution in [1.82, 2.24) is 19.8 Å². The molecule has 140 valence electrons. The molecule has 27 heavy (non-hydrogen) atoms. The number of fused-ring (bicyclic) bond motifs is 1. The number of aromatic amines is 1. The molecule has 0 unspecified atom stereocenters. The zero-order valence-corrected chi connectivity index (χ0v) is 15.9. The third kappa shape index (κ3) is 3.66. The highest BCUT2D eigenvalue weighted by Gasteiger charge is 2.23. The van der Waals surface area contributed by atoms with Crippen LogP contribution in [0.15, 0.2) is 48.8 Å². The van der Waals surface area contributed by atoms with Gasteiger partial charge in [-0.05, 0) is 43.9 Å². The summed E-state index contributed by atoms with van der Waals surface area (Å²) in [5, 5.41) is 0. The SMILES string of the molecule is CN(C)Cc1cccc(C(=O)N2CCN(c3cccc4[nH]cnc34)CC2)c1. The van der Waals surface area contributed by atoms with Crippen LogP contribution in [0.25, 0.3) is 11.0 Å². The van der Waals surface area contributed by atoms with E-state index in [2.05, 4.69) is 31.9 Å². The van der Waals surface area contributed by atoms with Gasteiger partial charge >= 0.3 is 0 Å². The van der Waals surface area contributed by atoms with Gasteiger partial charge in [-0.15, -0.1) is 0 Å². The lowest BCUT2D eigenvalue weighted by atomic mass is 10.1. The molecule has 1 N–H and O–H groups in total. The second kappa shape index (κ2) is 7.40. The van der Waals surface area contributed by atoms with Crippen LogP contribution in [0.5, 0.6) is 0 Å². The molecule has 6 heteroatoms. The van der Waals surface area contributed by atoms with Gasteiger partial charge in [0.1, 0.15) is 5.52 Å². The summed E-state index contributed by atoms with van der Waals surface area (Å²) >= 11 is 0. The van der Waals surface area contributed by atoms with Crippen molar-refractivity contribution < 1.29 is 4.79 Å². The molecule has 3 aromatic rings. The maximum atomic E-state index is 12.9. The van der Waals surface area contributed by atoms with E-state index in [1.165, 1.54) is 0 Å². The molecule has 4 rings (SSSR count). The number of anilines is 1. The molecule has 1 aromatic heterocycles. The lowest BCUT2D eigenvalue weighted by molar-refractivity contribution is 0.0746. The molecule has 1 amide bonds. The van der Waals surface area contributed by atoms with Crippen molar-refractivity contribution >= 4 is 22.6 Å². The smallest absolute Gasteiger partial charge is 0.253 e. The number of imidazole rings is 1.